The number of hydrogen-bond donors (Lipinski definition) is 3. The van der Waals surface area contributed by atoms with E-state index in [0.29, 0.717) is 23.4 Å². The summed E-state index contributed by atoms with van der Waals surface area (Å²) in [7, 11) is 3.33. The molecule has 0 aromatic heterocycles. The quantitative estimate of drug-likeness (QED) is 0.701. The first-order chi connectivity index (χ1) is 8.63. The van der Waals surface area contributed by atoms with Crippen LogP contribution in [0.25, 0.3) is 0 Å². The van der Waals surface area contributed by atoms with E-state index in [0.717, 1.165) is 18.5 Å². The Balaban J connectivity index is 2.00. The van der Waals surface area contributed by atoms with Crippen molar-refractivity contribution < 1.29 is 9.53 Å². The Hall–Kier alpha value is -1.75. The molecule has 0 unspecified atom stereocenters. The van der Waals surface area contributed by atoms with E-state index < -0.39 is 0 Å². The maximum absolute atomic E-state index is 11.4. The molecule has 1 aromatic rings. The molecule has 1 aromatic carbocycles. The lowest BCUT2D eigenvalue weighted by molar-refractivity contribution is 0.0329. The fourth-order valence-electron chi connectivity index (χ4n) is 2.08. The number of anilines is 2. The summed E-state index contributed by atoms with van der Waals surface area (Å²) in [6.07, 6.45) is 2.34. The number of ether oxygens (including phenoxy) is 1. The van der Waals surface area contributed by atoms with Gasteiger partial charge < -0.3 is 21.1 Å². The number of nitrogens with one attached hydrogen (secondary N) is 2. The van der Waals surface area contributed by atoms with Gasteiger partial charge in [-0.15, -0.1) is 0 Å². The molecule has 0 bridgehead atoms. The van der Waals surface area contributed by atoms with E-state index in [1.54, 1.807) is 26.3 Å². The Morgan fingerprint density at radius 1 is 1.44 bits per heavy atom. The van der Waals surface area contributed by atoms with Gasteiger partial charge in [-0.05, 0) is 31.0 Å². The van der Waals surface area contributed by atoms with Crippen LogP contribution in [0, 0.1) is 0 Å². The third-order valence-corrected chi connectivity index (χ3v) is 3.33. The molecule has 1 fully saturated rings. The van der Waals surface area contributed by atoms with Gasteiger partial charge in [-0.25, -0.2) is 0 Å². The molecule has 0 radical (unpaired) electrons. The molecule has 1 amide bonds. The summed E-state index contributed by atoms with van der Waals surface area (Å²) < 4.78 is 5.23. The van der Waals surface area contributed by atoms with E-state index in [1.165, 1.54) is 0 Å². The molecular weight excluding hydrogens is 230 g/mol. The van der Waals surface area contributed by atoms with E-state index in [9.17, 15) is 4.79 Å². The number of hydrogen-bond acceptors (Lipinski definition) is 4. The monoisotopic (exact) mass is 249 g/mol. The zero-order chi connectivity index (χ0) is 13.1. The van der Waals surface area contributed by atoms with Gasteiger partial charge in [0.15, 0.2) is 0 Å². The average Bonchev–Trinajstić information content (AvgIpc) is 2.33. The average molecular weight is 249 g/mol. The molecule has 0 heterocycles. The van der Waals surface area contributed by atoms with E-state index in [1.807, 2.05) is 6.07 Å². The number of nitrogens with two attached hydrogens (primary N) is 1. The van der Waals surface area contributed by atoms with Gasteiger partial charge in [0.05, 0.1) is 17.5 Å². The highest BCUT2D eigenvalue weighted by atomic mass is 16.5. The van der Waals surface area contributed by atoms with Crippen molar-refractivity contribution in [2.24, 2.45) is 0 Å². The number of nitrogen functional groups attached to an aromatic ring is 1. The lowest BCUT2D eigenvalue weighted by Gasteiger charge is -2.35. The zero-order valence-electron chi connectivity index (χ0n) is 10.7. The van der Waals surface area contributed by atoms with Crippen molar-refractivity contribution in [2.45, 2.75) is 25.0 Å². The van der Waals surface area contributed by atoms with Crippen molar-refractivity contribution in [1.82, 2.24) is 5.32 Å². The number of methoxy groups -OCH3 is 1. The number of carbonyl (C=O) groups excluding carboxylic acids is 1. The molecule has 0 spiro atoms. The summed E-state index contributed by atoms with van der Waals surface area (Å²) >= 11 is 0. The van der Waals surface area contributed by atoms with Gasteiger partial charge in [-0.3, -0.25) is 4.79 Å². The van der Waals surface area contributed by atoms with Crippen molar-refractivity contribution in [3.8, 4) is 0 Å². The molecule has 18 heavy (non-hydrogen) atoms. The lowest BCUT2D eigenvalue weighted by atomic mass is 9.89. The molecule has 0 saturated heterocycles. The maximum Gasteiger partial charge on any atom is 0.251 e. The molecule has 4 N–H and O–H groups in total. The Morgan fingerprint density at radius 2 is 2.17 bits per heavy atom. The second-order valence-corrected chi connectivity index (χ2v) is 4.55. The minimum absolute atomic E-state index is 0.128. The second-order valence-electron chi connectivity index (χ2n) is 4.55. The molecule has 0 atom stereocenters. The van der Waals surface area contributed by atoms with Crippen molar-refractivity contribution in [2.75, 3.05) is 25.2 Å². The summed E-state index contributed by atoms with van der Waals surface area (Å²) in [5.41, 5.74) is 7.98. The van der Waals surface area contributed by atoms with E-state index >= 15 is 0 Å². The first-order valence-electron chi connectivity index (χ1n) is 6.05. The minimum Gasteiger partial charge on any atom is -0.397 e. The summed E-state index contributed by atoms with van der Waals surface area (Å²) in [5.74, 6) is -0.128. The van der Waals surface area contributed by atoms with Gasteiger partial charge in [0.25, 0.3) is 5.91 Å². The van der Waals surface area contributed by atoms with Crippen LogP contribution in [0.5, 0.6) is 0 Å². The Labute approximate surface area is 107 Å². The summed E-state index contributed by atoms with van der Waals surface area (Å²) in [6.45, 7) is 0. The molecule has 1 saturated carbocycles. The molecule has 1 aliphatic rings. The van der Waals surface area contributed by atoms with Crippen LogP contribution in [-0.4, -0.2) is 32.2 Å². The Kier molecular flexibility index (Phi) is 3.72. The SMILES string of the molecule is CNC(=O)c1ccc(NC2CC(OC)C2)c(N)c1. The lowest BCUT2D eigenvalue weighted by Crippen LogP contribution is -2.40. The van der Waals surface area contributed by atoms with E-state index in [4.69, 9.17) is 10.5 Å². The van der Waals surface area contributed by atoms with Gasteiger partial charge in [0, 0.05) is 25.8 Å². The fourth-order valence-corrected chi connectivity index (χ4v) is 2.08. The predicted molar refractivity (Wildman–Crippen MR) is 71.7 cm³/mol. The number of amides is 1. The van der Waals surface area contributed by atoms with Crippen molar-refractivity contribution >= 4 is 17.3 Å². The first kappa shape index (κ1) is 12.7. The number of carbonyl (C=O) groups is 1. The molecule has 2 rings (SSSR count). The third kappa shape index (κ3) is 2.56. The zero-order valence-corrected chi connectivity index (χ0v) is 10.7. The van der Waals surface area contributed by atoms with Crippen molar-refractivity contribution in [1.29, 1.82) is 0 Å². The van der Waals surface area contributed by atoms with Crippen LogP contribution in [0.1, 0.15) is 23.2 Å². The predicted octanol–water partition coefficient (Wildman–Crippen LogP) is 1.22. The van der Waals surface area contributed by atoms with Gasteiger partial charge in [-0.1, -0.05) is 0 Å². The van der Waals surface area contributed by atoms with Crippen LogP contribution in [-0.2, 0) is 4.74 Å². The van der Waals surface area contributed by atoms with Crippen molar-refractivity contribution in [3.05, 3.63) is 23.8 Å². The summed E-state index contributed by atoms with van der Waals surface area (Å²) in [4.78, 5) is 11.4. The molecule has 5 nitrogen and oxygen atoms in total. The standard InChI is InChI=1S/C13H19N3O2/c1-15-13(17)8-3-4-12(11(14)5-8)16-9-6-10(7-9)18-2/h3-5,9-10,16H,6-7,14H2,1-2H3,(H,15,17). The highest BCUT2D eigenvalue weighted by Crippen LogP contribution is 2.29. The van der Waals surface area contributed by atoms with Crippen LogP contribution < -0.4 is 16.4 Å². The molecule has 98 valence electrons. The van der Waals surface area contributed by atoms with Gasteiger partial charge in [0.1, 0.15) is 0 Å². The van der Waals surface area contributed by atoms with Crippen LogP contribution in [0.2, 0.25) is 0 Å². The third-order valence-electron chi connectivity index (χ3n) is 3.33. The van der Waals surface area contributed by atoms with Gasteiger partial charge >= 0.3 is 0 Å². The molecule has 1 aliphatic carbocycles. The van der Waals surface area contributed by atoms with Gasteiger partial charge in [-0.2, -0.15) is 0 Å². The summed E-state index contributed by atoms with van der Waals surface area (Å²) in [5, 5.41) is 5.93. The van der Waals surface area contributed by atoms with Crippen LogP contribution in [0.15, 0.2) is 18.2 Å². The molecular formula is C13H19N3O2. The highest BCUT2D eigenvalue weighted by molar-refractivity contribution is 5.95. The second kappa shape index (κ2) is 5.27. The number of benzene rings is 1. The van der Waals surface area contributed by atoms with Crippen LogP contribution in [0.4, 0.5) is 11.4 Å². The Bertz CT molecular complexity index is 442. The first-order valence-corrected chi connectivity index (χ1v) is 6.05. The largest absolute Gasteiger partial charge is 0.397 e. The maximum atomic E-state index is 11.4. The van der Waals surface area contributed by atoms with Crippen LogP contribution >= 0.6 is 0 Å². The van der Waals surface area contributed by atoms with Gasteiger partial charge in [0.2, 0.25) is 0 Å². The normalized spacial score (nSPS) is 22.1. The Morgan fingerprint density at radius 3 is 2.72 bits per heavy atom. The fraction of sp³-hybridized carbons (Fsp3) is 0.462. The summed E-state index contributed by atoms with van der Waals surface area (Å²) in [6, 6.07) is 5.71. The van der Waals surface area contributed by atoms with E-state index in [-0.39, 0.29) is 5.91 Å². The number of rotatable bonds is 4. The highest BCUT2D eigenvalue weighted by Gasteiger charge is 2.29. The molecule has 5 heteroatoms. The smallest absolute Gasteiger partial charge is 0.251 e. The minimum atomic E-state index is -0.128. The van der Waals surface area contributed by atoms with Crippen molar-refractivity contribution in [3.63, 3.8) is 0 Å². The topological polar surface area (TPSA) is 76.4 Å². The van der Waals surface area contributed by atoms with Crippen LogP contribution in [0.3, 0.4) is 0 Å². The molecule has 0 aliphatic heterocycles. The van der Waals surface area contributed by atoms with E-state index in [2.05, 4.69) is 10.6 Å².